The molecule has 0 bridgehead atoms. The van der Waals surface area contributed by atoms with Crippen LogP contribution in [0.5, 0.6) is 11.5 Å². The number of carbonyl (C=O) groups excluding carboxylic acids is 1. The number of rotatable bonds is 11. The van der Waals surface area contributed by atoms with Crippen molar-refractivity contribution in [2.24, 2.45) is 0 Å². The van der Waals surface area contributed by atoms with Crippen LogP contribution in [0.4, 0.5) is 0 Å². The molecule has 1 N–H and O–H groups in total. The van der Waals surface area contributed by atoms with Gasteiger partial charge >= 0.3 is 5.97 Å². The van der Waals surface area contributed by atoms with Crippen LogP contribution in [-0.2, 0) is 14.8 Å². The number of ketones is 1. The Hall–Kier alpha value is -3.17. The number of hydrogen-bond donors (Lipinski definition) is 1. The van der Waals surface area contributed by atoms with Crippen LogP contribution in [0.25, 0.3) is 6.08 Å². The minimum Gasteiger partial charge on any atom is -0.493 e. The van der Waals surface area contributed by atoms with E-state index in [0.29, 0.717) is 23.7 Å². The third-order valence-electron chi connectivity index (χ3n) is 4.28. The molecule has 0 atom stereocenters. The molecule has 166 valence electrons. The van der Waals surface area contributed by atoms with E-state index in [1.165, 1.54) is 37.4 Å². The van der Waals surface area contributed by atoms with Crippen LogP contribution in [0.15, 0.2) is 53.4 Å². The monoisotopic (exact) mass is 447 g/mol. The number of nitrogens with zero attached hydrogens (tertiary/aromatic N) is 1. The molecular formula is C22H25NO7S. The van der Waals surface area contributed by atoms with Gasteiger partial charge in [0, 0.05) is 12.6 Å². The highest BCUT2D eigenvalue weighted by Crippen LogP contribution is 2.28. The molecule has 0 amide bonds. The first-order valence-electron chi connectivity index (χ1n) is 9.50. The fraction of sp³-hybridized carbons (Fsp3) is 0.273. The molecule has 2 aromatic rings. The maximum Gasteiger partial charge on any atom is 0.318 e. The van der Waals surface area contributed by atoms with Crippen molar-refractivity contribution >= 4 is 27.9 Å². The van der Waals surface area contributed by atoms with E-state index in [-0.39, 0.29) is 10.7 Å². The zero-order valence-corrected chi connectivity index (χ0v) is 18.4. The van der Waals surface area contributed by atoms with Gasteiger partial charge in [0.1, 0.15) is 6.54 Å². The van der Waals surface area contributed by atoms with Gasteiger partial charge < -0.3 is 14.6 Å². The Balaban J connectivity index is 2.16. The van der Waals surface area contributed by atoms with E-state index in [1.54, 1.807) is 31.4 Å². The first-order chi connectivity index (χ1) is 14.7. The lowest BCUT2D eigenvalue weighted by Crippen LogP contribution is -2.32. The molecule has 0 aliphatic heterocycles. The molecule has 0 fully saturated rings. The second kappa shape index (κ2) is 10.7. The minimum atomic E-state index is -3.95. The minimum absolute atomic E-state index is 0.0929. The van der Waals surface area contributed by atoms with Crippen LogP contribution in [0.1, 0.15) is 29.3 Å². The second-order valence-corrected chi connectivity index (χ2v) is 8.68. The number of methoxy groups -OCH3 is 1. The molecule has 2 rings (SSSR count). The third-order valence-corrected chi connectivity index (χ3v) is 6.10. The van der Waals surface area contributed by atoms with E-state index in [2.05, 4.69) is 0 Å². The van der Waals surface area contributed by atoms with Gasteiger partial charge in [-0.1, -0.05) is 19.1 Å². The van der Waals surface area contributed by atoms with Gasteiger partial charge in [0.15, 0.2) is 17.3 Å². The molecule has 0 spiro atoms. The molecule has 0 unspecified atom stereocenters. The summed E-state index contributed by atoms with van der Waals surface area (Å²) < 4.78 is 36.4. The number of allylic oxidation sites excluding steroid dienone is 1. The number of ether oxygens (including phenoxy) is 2. The van der Waals surface area contributed by atoms with Gasteiger partial charge in [-0.2, -0.15) is 4.31 Å². The normalized spacial score (nSPS) is 11.6. The summed E-state index contributed by atoms with van der Waals surface area (Å²) in [7, 11) is -1.22. The SMILES string of the molecule is CCCOc1cc(/C=C/C(=O)c2ccc(S(=O)(=O)N(C)CC(=O)O)cc2)ccc1OC. The van der Waals surface area contributed by atoms with Gasteiger partial charge in [-0.05, 0) is 54.5 Å². The summed E-state index contributed by atoms with van der Waals surface area (Å²) in [5, 5.41) is 8.78. The number of aliphatic carboxylic acids is 1. The van der Waals surface area contributed by atoms with Crippen LogP contribution >= 0.6 is 0 Å². The Bertz CT molecular complexity index is 1060. The van der Waals surface area contributed by atoms with Crippen LogP contribution in [0, 0.1) is 0 Å². The molecule has 8 nitrogen and oxygen atoms in total. The average molecular weight is 448 g/mol. The largest absolute Gasteiger partial charge is 0.493 e. The smallest absolute Gasteiger partial charge is 0.318 e. The average Bonchev–Trinajstić information content (AvgIpc) is 2.75. The zero-order chi connectivity index (χ0) is 23.0. The summed E-state index contributed by atoms with van der Waals surface area (Å²) >= 11 is 0. The molecule has 0 aliphatic carbocycles. The number of likely N-dealkylation sites (N-methyl/N-ethyl adjacent to an activating group) is 1. The van der Waals surface area contributed by atoms with Crippen molar-refractivity contribution in [3.05, 3.63) is 59.7 Å². The topological polar surface area (TPSA) is 110 Å². The Morgan fingerprint density at radius 2 is 1.77 bits per heavy atom. The van der Waals surface area contributed by atoms with Gasteiger partial charge in [0.25, 0.3) is 0 Å². The van der Waals surface area contributed by atoms with Crippen molar-refractivity contribution in [2.75, 3.05) is 27.3 Å². The molecule has 0 heterocycles. The third kappa shape index (κ3) is 6.40. The predicted molar refractivity (Wildman–Crippen MR) is 116 cm³/mol. The Morgan fingerprint density at radius 3 is 2.35 bits per heavy atom. The van der Waals surface area contributed by atoms with Crippen LogP contribution < -0.4 is 9.47 Å². The summed E-state index contributed by atoms with van der Waals surface area (Å²) in [5.74, 6) is -0.389. The summed E-state index contributed by atoms with van der Waals surface area (Å²) in [4.78, 5) is 23.1. The second-order valence-electron chi connectivity index (χ2n) is 6.64. The standard InChI is InChI=1S/C22H25NO7S/c1-4-13-30-21-14-16(6-12-20(21)29-3)5-11-19(24)17-7-9-18(10-8-17)31(27,28)23(2)15-22(25)26/h5-12,14H,4,13,15H2,1-3H3,(H,25,26)/b11-5+. The highest BCUT2D eigenvalue weighted by Gasteiger charge is 2.22. The van der Waals surface area contributed by atoms with E-state index in [4.69, 9.17) is 14.6 Å². The highest BCUT2D eigenvalue weighted by molar-refractivity contribution is 7.89. The zero-order valence-electron chi connectivity index (χ0n) is 17.6. The van der Waals surface area contributed by atoms with E-state index in [1.807, 2.05) is 6.92 Å². The van der Waals surface area contributed by atoms with Gasteiger partial charge in [0.05, 0.1) is 18.6 Å². The molecule has 0 saturated carbocycles. The molecule has 31 heavy (non-hydrogen) atoms. The first kappa shape index (κ1) is 24.1. The fourth-order valence-electron chi connectivity index (χ4n) is 2.64. The number of hydrogen-bond acceptors (Lipinski definition) is 6. The maximum atomic E-state index is 12.5. The lowest BCUT2D eigenvalue weighted by molar-refractivity contribution is -0.137. The van der Waals surface area contributed by atoms with Crippen LogP contribution in [0.3, 0.4) is 0 Å². The number of benzene rings is 2. The quantitative estimate of drug-likeness (QED) is 0.416. The summed E-state index contributed by atoms with van der Waals surface area (Å²) in [6.45, 7) is 1.88. The van der Waals surface area contributed by atoms with Crippen molar-refractivity contribution in [3.8, 4) is 11.5 Å². The van der Waals surface area contributed by atoms with E-state index in [0.717, 1.165) is 16.3 Å². The van der Waals surface area contributed by atoms with Gasteiger partial charge in [-0.3, -0.25) is 9.59 Å². The number of carbonyl (C=O) groups is 2. The first-order valence-corrected chi connectivity index (χ1v) is 10.9. The van der Waals surface area contributed by atoms with Gasteiger partial charge in [0.2, 0.25) is 10.0 Å². The van der Waals surface area contributed by atoms with E-state index in [9.17, 15) is 18.0 Å². The number of carboxylic acids is 1. The summed E-state index contributed by atoms with van der Waals surface area (Å²) in [6.07, 6.45) is 3.86. The number of sulfonamides is 1. The predicted octanol–water partition coefficient (Wildman–Crippen LogP) is 3.09. The summed E-state index contributed by atoms with van der Waals surface area (Å²) in [5.41, 5.74) is 1.04. The van der Waals surface area contributed by atoms with Crippen molar-refractivity contribution in [3.63, 3.8) is 0 Å². The molecule has 0 aliphatic rings. The van der Waals surface area contributed by atoms with Crippen LogP contribution in [-0.4, -0.2) is 56.9 Å². The summed E-state index contributed by atoms with van der Waals surface area (Å²) in [6, 6.07) is 10.6. The van der Waals surface area contributed by atoms with E-state index < -0.39 is 22.5 Å². The fourth-order valence-corrected chi connectivity index (χ4v) is 3.76. The van der Waals surface area contributed by atoms with Gasteiger partial charge in [-0.25, -0.2) is 8.42 Å². The molecular weight excluding hydrogens is 422 g/mol. The van der Waals surface area contributed by atoms with Gasteiger partial charge in [-0.15, -0.1) is 0 Å². The van der Waals surface area contributed by atoms with Crippen molar-refractivity contribution in [1.82, 2.24) is 4.31 Å². The molecule has 2 aromatic carbocycles. The Morgan fingerprint density at radius 1 is 1.10 bits per heavy atom. The number of carboxylic acid groups (broad SMARTS) is 1. The molecule has 0 aromatic heterocycles. The Labute approximate surface area is 181 Å². The molecule has 0 radical (unpaired) electrons. The lowest BCUT2D eigenvalue weighted by Gasteiger charge is -2.14. The Kier molecular flexibility index (Phi) is 8.35. The highest BCUT2D eigenvalue weighted by atomic mass is 32.2. The van der Waals surface area contributed by atoms with Crippen molar-refractivity contribution in [2.45, 2.75) is 18.2 Å². The lowest BCUT2D eigenvalue weighted by atomic mass is 10.1. The van der Waals surface area contributed by atoms with Crippen molar-refractivity contribution < 1.29 is 32.6 Å². The maximum absolute atomic E-state index is 12.5. The molecule has 9 heteroatoms. The van der Waals surface area contributed by atoms with Crippen LogP contribution in [0.2, 0.25) is 0 Å². The van der Waals surface area contributed by atoms with Crippen molar-refractivity contribution in [1.29, 1.82) is 0 Å². The van der Waals surface area contributed by atoms with E-state index >= 15 is 0 Å². The molecule has 0 saturated heterocycles.